The highest BCUT2D eigenvalue weighted by Crippen LogP contribution is 1.89. The van der Waals surface area contributed by atoms with Gasteiger partial charge in [0.05, 0.1) is 0 Å². The van der Waals surface area contributed by atoms with Gasteiger partial charge in [0.25, 0.3) is 0 Å². The van der Waals surface area contributed by atoms with Crippen LogP contribution in [0.4, 0.5) is 4.79 Å². The van der Waals surface area contributed by atoms with Crippen LogP contribution < -0.4 is 5.11 Å². The third-order valence-corrected chi connectivity index (χ3v) is 1.16. The van der Waals surface area contributed by atoms with Crippen molar-refractivity contribution in [2.24, 2.45) is 0 Å². The van der Waals surface area contributed by atoms with Crippen molar-refractivity contribution in [2.45, 2.75) is 19.8 Å². The minimum absolute atomic E-state index is 0.582. The molecule has 3 nitrogen and oxygen atoms in total. The molecule has 0 saturated carbocycles. The molecule has 0 unspecified atom stereocenters. The third kappa shape index (κ3) is 3.82. The van der Waals surface area contributed by atoms with E-state index in [1.54, 1.807) is 0 Å². The zero-order valence-corrected chi connectivity index (χ0v) is 5.89. The molecule has 0 heterocycles. The molecule has 0 aliphatic rings. The molecule has 0 atom stereocenters. The first-order chi connectivity index (χ1) is 4.18. The Balaban J connectivity index is 3.27. The molecule has 1 amide bonds. The lowest BCUT2D eigenvalue weighted by atomic mass is 10.3. The Hall–Kier alpha value is -0.730. The van der Waals surface area contributed by atoms with E-state index in [4.69, 9.17) is 0 Å². The van der Waals surface area contributed by atoms with Crippen molar-refractivity contribution in [2.75, 3.05) is 13.6 Å². The summed E-state index contributed by atoms with van der Waals surface area (Å²) in [5, 5.41) is 10.0. The van der Waals surface area contributed by atoms with E-state index in [2.05, 4.69) is 0 Å². The van der Waals surface area contributed by atoms with Crippen molar-refractivity contribution in [3.05, 3.63) is 0 Å². The Morgan fingerprint density at radius 1 is 1.67 bits per heavy atom. The van der Waals surface area contributed by atoms with Crippen molar-refractivity contribution in [1.29, 1.82) is 0 Å². The first-order valence-corrected chi connectivity index (χ1v) is 3.10. The van der Waals surface area contributed by atoms with Crippen molar-refractivity contribution in [3.63, 3.8) is 0 Å². The summed E-state index contributed by atoms with van der Waals surface area (Å²) >= 11 is 0. The maximum absolute atomic E-state index is 10.0. The van der Waals surface area contributed by atoms with E-state index in [1.165, 1.54) is 11.9 Å². The van der Waals surface area contributed by atoms with E-state index in [0.717, 1.165) is 12.8 Å². The molecule has 0 aliphatic carbocycles. The maximum Gasteiger partial charge on any atom is 0.136 e. The lowest BCUT2D eigenvalue weighted by Crippen LogP contribution is -2.38. The van der Waals surface area contributed by atoms with Crippen LogP contribution in [0.3, 0.4) is 0 Å². The minimum atomic E-state index is -1.09. The van der Waals surface area contributed by atoms with Gasteiger partial charge in [-0.15, -0.1) is 0 Å². The highest BCUT2D eigenvalue weighted by atomic mass is 16.4. The summed E-state index contributed by atoms with van der Waals surface area (Å²) in [6, 6.07) is 0. The van der Waals surface area contributed by atoms with Crippen LogP contribution >= 0.6 is 0 Å². The first kappa shape index (κ1) is 8.27. The van der Waals surface area contributed by atoms with Gasteiger partial charge in [-0.1, -0.05) is 13.3 Å². The minimum Gasteiger partial charge on any atom is -0.530 e. The number of hydrogen-bond acceptors (Lipinski definition) is 2. The largest absolute Gasteiger partial charge is 0.530 e. The van der Waals surface area contributed by atoms with Crippen molar-refractivity contribution in [1.82, 2.24) is 4.90 Å². The summed E-state index contributed by atoms with van der Waals surface area (Å²) in [6.07, 6.45) is 0.825. The summed E-state index contributed by atoms with van der Waals surface area (Å²) in [7, 11) is 1.52. The fraction of sp³-hybridized carbons (Fsp3) is 0.833. The summed E-state index contributed by atoms with van der Waals surface area (Å²) in [5.74, 6) is 0. The average Bonchev–Trinajstić information content (AvgIpc) is 1.82. The van der Waals surface area contributed by atoms with E-state index < -0.39 is 6.09 Å². The molecule has 0 fully saturated rings. The van der Waals surface area contributed by atoms with Crippen LogP contribution in [0.15, 0.2) is 0 Å². The van der Waals surface area contributed by atoms with Crippen molar-refractivity contribution >= 4 is 6.09 Å². The molecule has 0 rings (SSSR count). The number of carbonyl (C=O) groups excluding carboxylic acids is 1. The zero-order valence-electron chi connectivity index (χ0n) is 5.89. The third-order valence-electron chi connectivity index (χ3n) is 1.16. The summed E-state index contributed by atoms with van der Waals surface area (Å²) in [6.45, 7) is 2.60. The smallest absolute Gasteiger partial charge is 0.136 e. The van der Waals surface area contributed by atoms with Gasteiger partial charge in [0, 0.05) is 13.6 Å². The van der Waals surface area contributed by atoms with Crippen LogP contribution in [0.5, 0.6) is 0 Å². The van der Waals surface area contributed by atoms with E-state index in [0.29, 0.717) is 6.54 Å². The molecule has 0 radical (unpaired) electrons. The molecule has 0 aromatic heterocycles. The number of carbonyl (C=O) groups is 1. The van der Waals surface area contributed by atoms with Gasteiger partial charge in [-0.05, 0) is 6.42 Å². The molecule has 54 valence electrons. The van der Waals surface area contributed by atoms with E-state index in [-0.39, 0.29) is 0 Å². The zero-order chi connectivity index (χ0) is 7.28. The van der Waals surface area contributed by atoms with Gasteiger partial charge in [-0.25, -0.2) is 0 Å². The Bertz CT molecular complexity index is 93.1. The van der Waals surface area contributed by atoms with Gasteiger partial charge >= 0.3 is 0 Å². The normalized spacial score (nSPS) is 9.11. The summed E-state index contributed by atoms with van der Waals surface area (Å²) in [5.41, 5.74) is 0. The Labute approximate surface area is 55.3 Å². The van der Waals surface area contributed by atoms with Gasteiger partial charge in [-0.3, -0.25) is 0 Å². The fourth-order valence-electron chi connectivity index (χ4n) is 0.487. The number of unbranched alkanes of at least 4 members (excludes halogenated alkanes) is 1. The standard InChI is InChI=1S/C6H13NO2/c1-3-4-5-7(2)6(8)9/h3-5H2,1-2H3,(H,8,9)/p-1. The van der Waals surface area contributed by atoms with Crippen molar-refractivity contribution in [3.8, 4) is 0 Å². The number of hydrogen-bond donors (Lipinski definition) is 0. The van der Waals surface area contributed by atoms with Crippen LogP contribution in [0.1, 0.15) is 19.8 Å². The van der Waals surface area contributed by atoms with Crippen LogP contribution in [0, 0.1) is 0 Å². The molecule has 0 aromatic rings. The molecule has 0 N–H and O–H groups in total. The predicted molar refractivity (Wildman–Crippen MR) is 32.9 cm³/mol. The highest BCUT2D eigenvalue weighted by Gasteiger charge is 1.92. The fourth-order valence-corrected chi connectivity index (χ4v) is 0.487. The maximum atomic E-state index is 10.0. The van der Waals surface area contributed by atoms with E-state index >= 15 is 0 Å². The second kappa shape index (κ2) is 4.18. The van der Waals surface area contributed by atoms with Crippen LogP contribution in [-0.2, 0) is 0 Å². The lowest BCUT2D eigenvalue weighted by molar-refractivity contribution is -0.264. The molecule has 0 saturated heterocycles. The summed E-state index contributed by atoms with van der Waals surface area (Å²) in [4.78, 5) is 11.2. The Morgan fingerprint density at radius 3 is 2.56 bits per heavy atom. The molecule has 3 heteroatoms. The Kier molecular flexibility index (Phi) is 3.84. The highest BCUT2D eigenvalue weighted by molar-refractivity contribution is 5.61. The number of carboxylic acid groups (broad SMARTS) is 1. The van der Waals surface area contributed by atoms with Crippen LogP contribution in [-0.4, -0.2) is 24.6 Å². The van der Waals surface area contributed by atoms with Crippen LogP contribution in [0.25, 0.3) is 0 Å². The molecule has 0 bridgehead atoms. The molecule has 0 aliphatic heterocycles. The second-order valence-electron chi connectivity index (χ2n) is 2.04. The Morgan fingerprint density at radius 2 is 2.22 bits per heavy atom. The van der Waals surface area contributed by atoms with Gasteiger partial charge in [0.2, 0.25) is 0 Å². The lowest BCUT2D eigenvalue weighted by Gasteiger charge is -2.18. The van der Waals surface area contributed by atoms with Gasteiger partial charge in [0.15, 0.2) is 0 Å². The van der Waals surface area contributed by atoms with Crippen molar-refractivity contribution < 1.29 is 9.90 Å². The van der Waals surface area contributed by atoms with Gasteiger partial charge in [0.1, 0.15) is 6.09 Å². The molecule has 9 heavy (non-hydrogen) atoms. The molecule has 0 aromatic carbocycles. The number of nitrogens with zero attached hydrogens (tertiary/aromatic N) is 1. The first-order valence-electron chi connectivity index (χ1n) is 3.10. The SMILES string of the molecule is CCCCN(C)C(=O)[O-]. The average molecular weight is 130 g/mol. The monoisotopic (exact) mass is 130 g/mol. The van der Waals surface area contributed by atoms with Gasteiger partial charge < -0.3 is 14.8 Å². The quantitative estimate of drug-likeness (QED) is 0.542. The van der Waals surface area contributed by atoms with E-state index in [1.807, 2.05) is 6.92 Å². The summed E-state index contributed by atoms with van der Waals surface area (Å²) < 4.78 is 0. The van der Waals surface area contributed by atoms with Crippen LogP contribution in [0.2, 0.25) is 0 Å². The number of amides is 1. The van der Waals surface area contributed by atoms with E-state index in [9.17, 15) is 9.90 Å². The topological polar surface area (TPSA) is 43.4 Å². The molecular weight excluding hydrogens is 118 g/mol. The molecular formula is C6H12NO2-. The predicted octanol–water partition coefficient (Wildman–Crippen LogP) is 0.0616. The second-order valence-corrected chi connectivity index (χ2v) is 2.04. The van der Waals surface area contributed by atoms with Gasteiger partial charge in [-0.2, -0.15) is 0 Å². The molecule has 0 spiro atoms. The number of rotatable bonds is 3.